The van der Waals surface area contributed by atoms with Crippen LogP contribution in [0.25, 0.3) is 0 Å². The van der Waals surface area contributed by atoms with Crippen molar-refractivity contribution in [2.75, 3.05) is 19.4 Å². The summed E-state index contributed by atoms with van der Waals surface area (Å²) in [4.78, 5) is 0. The highest BCUT2D eigenvalue weighted by molar-refractivity contribution is 5.54. The van der Waals surface area contributed by atoms with Crippen LogP contribution in [0.1, 0.15) is 24.4 Å². The van der Waals surface area contributed by atoms with E-state index in [1.165, 1.54) is 18.4 Å². The molecular weight excluding hydrogens is 176 g/mol. The summed E-state index contributed by atoms with van der Waals surface area (Å²) in [5.74, 6) is 0.756. The fourth-order valence-corrected chi connectivity index (χ4v) is 1.94. The lowest BCUT2D eigenvalue weighted by Crippen LogP contribution is -2.13. The van der Waals surface area contributed by atoms with Gasteiger partial charge in [0.1, 0.15) is 5.75 Å². The van der Waals surface area contributed by atoms with Crippen LogP contribution in [0.15, 0.2) is 18.2 Å². The quantitative estimate of drug-likeness (QED) is 0.701. The van der Waals surface area contributed by atoms with E-state index in [0.29, 0.717) is 6.04 Å². The molecule has 0 aromatic heterocycles. The van der Waals surface area contributed by atoms with Gasteiger partial charge in [0.25, 0.3) is 0 Å². The van der Waals surface area contributed by atoms with Crippen LogP contribution in [0.3, 0.4) is 0 Å². The van der Waals surface area contributed by atoms with Gasteiger partial charge >= 0.3 is 0 Å². The second-order valence-electron chi connectivity index (χ2n) is 3.65. The van der Waals surface area contributed by atoms with Crippen molar-refractivity contribution in [1.82, 2.24) is 5.32 Å². The Hall–Kier alpha value is -1.22. The first-order valence-electron chi connectivity index (χ1n) is 4.98. The van der Waals surface area contributed by atoms with Crippen LogP contribution in [-0.2, 0) is 0 Å². The highest BCUT2D eigenvalue weighted by Gasteiger charge is 2.16. The number of benzene rings is 1. The molecule has 0 spiro atoms. The maximum atomic E-state index is 5.85. The molecule has 3 N–H and O–H groups in total. The first-order valence-corrected chi connectivity index (χ1v) is 4.98. The Morgan fingerprint density at radius 3 is 2.93 bits per heavy atom. The number of anilines is 1. The van der Waals surface area contributed by atoms with Crippen LogP contribution in [-0.4, -0.2) is 13.7 Å². The summed E-state index contributed by atoms with van der Waals surface area (Å²) >= 11 is 0. The number of hydrogen-bond donors (Lipinski definition) is 2. The molecule has 76 valence electrons. The highest BCUT2D eigenvalue weighted by Crippen LogP contribution is 2.28. The summed E-state index contributed by atoms with van der Waals surface area (Å²) in [6, 6.07) is 6.49. The van der Waals surface area contributed by atoms with Gasteiger partial charge in [-0.2, -0.15) is 0 Å². The van der Waals surface area contributed by atoms with Gasteiger partial charge in [0, 0.05) is 6.04 Å². The minimum atomic E-state index is 0.475. The van der Waals surface area contributed by atoms with Crippen LogP contribution in [0.4, 0.5) is 5.69 Å². The number of hydrogen-bond acceptors (Lipinski definition) is 3. The van der Waals surface area contributed by atoms with Gasteiger partial charge in [-0.15, -0.1) is 0 Å². The Balaban J connectivity index is 2.23. The number of rotatable bonds is 2. The molecule has 1 aliphatic rings. The SMILES string of the molecule is COc1ccc([C@@H]2CCCN2)cc1N. The Morgan fingerprint density at radius 1 is 1.50 bits per heavy atom. The van der Waals surface area contributed by atoms with Crippen LogP contribution in [0.5, 0.6) is 5.75 Å². The topological polar surface area (TPSA) is 47.3 Å². The highest BCUT2D eigenvalue weighted by atomic mass is 16.5. The largest absolute Gasteiger partial charge is 0.495 e. The number of nitrogen functional groups attached to an aromatic ring is 1. The lowest BCUT2D eigenvalue weighted by molar-refractivity contribution is 0.416. The molecule has 1 aliphatic heterocycles. The fraction of sp³-hybridized carbons (Fsp3) is 0.455. The Morgan fingerprint density at radius 2 is 2.36 bits per heavy atom. The normalized spacial score (nSPS) is 21.1. The average Bonchev–Trinajstić information content (AvgIpc) is 2.70. The molecule has 0 radical (unpaired) electrons. The summed E-state index contributed by atoms with van der Waals surface area (Å²) in [6.45, 7) is 1.11. The van der Waals surface area contributed by atoms with E-state index in [1.807, 2.05) is 12.1 Å². The number of nitrogens with one attached hydrogen (secondary N) is 1. The van der Waals surface area contributed by atoms with E-state index in [-0.39, 0.29) is 0 Å². The fourth-order valence-electron chi connectivity index (χ4n) is 1.94. The van der Waals surface area contributed by atoms with Crippen molar-refractivity contribution in [1.29, 1.82) is 0 Å². The summed E-state index contributed by atoms with van der Waals surface area (Å²) in [5.41, 5.74) is 7.83. The van der Waals surface area contributed by atoms with E-state index in [4.69, 9.17) is 10.5 Å². The number of nitrogens with two attached hydrogens (primary N) is 1. The lowest BCUT2D eigenvalue weighted by Gasteiger charge is -2.12. The molecule has 3 heteroatoms. The van der Waals surface area contributed by atoms with E-state index in [1.54, 1.807) is 7.11 Å². The van der Waals surface area contributed by atoms with Gasteiger partial charge < -0.3 is 15.8 Å². The summed E-state index contributed by atoms with van der Waals surface area (Å²) in [5, 5.41) is 3.44. The second-order valence-corrected chi connectivity index (χ2v) is 3.65. The van der Waals surface area contributed by atoms with Gasteiger partial charge in [-0.25, -0.2) is 0 Å². The summed E-state index contributed by atoms with van der Waals surface area (Å²) in [7, 11) is 1.64. The van der Waals surface area contributed by atoms with Crippen molar-refractivity contribution in [2.45, 2.75) is 18.9 Å². The molecule has 1 heterocycles. The van der Waals surface area contributed by atoms with Gasteiger partial charge in [-0.05, 0) is 37.1 Å². The van der Waals surface area contributed by atoms with Crippen molar-refractivity contribution in [2.24, 2.45) is 0 Å². The lowest BCUT2D eigenvalue weighted by atomic mass is 10.0. The molecule has 0 amide bonds. The van der Waals surface area contributed by atoms with Crippen LogP contribution < -0.4 is 15.8 Å². The first-order chi connectivity index (χ1) is 6.81. The van der Waals surface area contributed by atoms with Crippen LogP contribution >= 0.6 is 0 Å². The third-order valence-electron chi connectivity index (χ3n) is 2.72. The Bertz CT molecular complexity index is 319. The molecule has 1 fully saturated rings. The van der Waals surface area contributed by atoms with Crippen LogP contribution in [0, 0.1) is 0 Å². The molecule has 1 aromatic carbocycles. The average molecular weight is 192 g/mol. The first kappa shape index (κ1) is 9.34. The molecular formula is C11H16N2O. The maximum absolute atomic E-state index is 5.85. The smallest absolute Gasteiger partial charge is 0.141 e. The van der Waals surface area contributed by atoms with E-state index >= 15 is 0 Å². The van der Waals surface area contributed by atoms with E-state index in [0.717, 1.165) is 18.0 Å². The third-order valence-corrected chi connectivity index (χ3v) is 2.72. The molecule has 1 atom stereocenters. The second kappa shape index (κ2) is 3.88. The Labute approximate surface area is 84.3 Å². The molecule has 1 aromatic rings. The standard InChI is InChI=1S/C11H16N2O/c1-14-11-5-4-8(7-9(11)12)10-3-2-6-13-10/h4-5,7,10,13H,2-3,6,12H2,1H3/t10-/m0/s1. The van der Waals surface area contributed by atoms with Gasteiger partial charge in [0.2, 0.25) is 0 Å². The third kappa shape index (κ3) is 1.68. The van der Waals surface area contributed by atoms with Gasteiger partial charge in [-0.3, -0.25) is 0 Å². The molecule has 2 rings (SSSR count). The molecule has 14 heavy (non-hydrogen) atoms. The van der Waals surface area contributed by atoms with Crippen molar-refractivity contribution >= 4 is 5.69 Å². The predicted octanol–water partition coefficient (Wildman–Crippen LogP) is 1.70. The van der Waals surface area contributed by atoms with Crippen LogP contribution in [0.2, 0.25) is 0 Å². The van der Waals surface area contributed by atoms with Crippen molar-refractivity contribution in [3.05, 3.63) is 23.8 Å². The minimum Gasteiger partial charge on any atom is -0.495 e. The Kier molecular flexibility index (Phi) is 2.59. The zero-order valence-electron chi connectivity index (χ0n) is 8.42. The molecule has 1 saturated heterocycles. The number of ether oxygens (including phenoxy) is 1. The van der Waals surface area contributed by atoms with Crippen molar-refractivity contribution < 1.29 is 4.74 Å². The van der Waals surface area contributed by atoms with Gasteiger partial charge in [0.05, 0.1) is 12.8 Å². The summed E-state index contributed by atoms with van der Waals surface area (Å²) in [6.07, 6.45) is 2.45. The van der Waals surface area contributed by atoms with Crippen molar-refractivity contribution in [3.8, 4) is 5.75 Å². The zero-order valence-corrected chi connectivity index (χ0v) is 8.42. The van der Waals surface area contributed by atoms with Crippen molar-refractivity contribution in [3.63, 3.8) is 0 Å². The number of methoxy groups -OCH3 is 1. The van der Waals surface area contributed by atoms with E-state index < -0.39 is 0 Å². The zero-order chi connectivity index (χ0) is 9.97. The van der Waals surface area contributed by atoms with E-state index in [2.05, 4.69) is 11.4 Å². The minimum absolute atomic E-state index is 0.475. The molecule has 0 bridgehead atoms. The molecule has 0 unspecified atom stereocenters. The molecule has 0 aliphatic carbocycles. The van der Waals surface area contributed by atoms with Gasteiger partial charge in [0.15, 0.2) is 0 Å². The molecule has 3 nitrogen and oxygen atoms in total. The predicted molar refractivity (Wildman–Crippen MR) is 57.4 cm³/mol. The molecule has 0 saturated carbocycles. The maximum Gasteiger partial charge on any atom is 0.141 e. The summed E-state index contributed by atoms with van der Waals surface area (Å²) < 4.78 is 5.12. The van der Waals surface area contributed by atoms with Gasteiger partial charge in [-0.1, -0.05) is 6.07 Å². The van der Waals surface area contributed by atoms with E-state index in [9.17, 15) is 0 Å². The monoisotopic (exact) mass is 192 g/mol.